The van der Waals surface area contributed by atoms with Gasteiger partial charge in [-0.2, -0.15) is 0 Å². The van der Waals surface area contributed by atoms with Crippen molar-refractivity contribution >= 4 is 46.5 Å². The monoisotopic (exact) mass is 379 g/mol. The normalized spacial score (nSPS) is 19.0. The average Bonchev–Trinajstić information content (AvgIpc) is 2.52. The highest BCUT2D eigenvalue weighted by Gasteiger charge is 2.33. The van der Waals surface area contributed by atoms with Gasteiger partial charge in [0.25, 0.3) is 5.91 Å². The molecule has 0 radical (unpaired) electrons. The second kappa shape index (κ2) is 7.39. The highest BCUT2D eigenvalue weighted by molar-refractivity contribution is 6.40. The number of amides is 2. The third kappa shape index (κ3) is 4.10. The molecule has 1 aromatic heterocycles. The molecule has 0 unspecified atom stereocenters. The Morgan fingerprint density at radius 3 is 2.44 bits per heavy atom. The van der Waals surface area contributed by atoms with Crippen LogP contribution in [0.3, 0.4) is 0 Å². The first-order valence-corrected chi connectivity index (χ1v) is 8.40. The molecule has 0 spiro atoms. The molecule has 1 aliphatic rings. The van der Waals surface area contributed by atoms with Gasteiger partial charge >= 0.3 is 0 Å². The summed E-state index contributed by atoms with van der Waals surface area (Å²) in [5.74, 6) is -0.553. The standard InChI is InChI=1S/C17H15Cl2N3O3/c18-12-2-1-3-13(19)15(12)17(25)21-10-4-5-20-14(8-10)22-16(24)9-6-11(23)7-9/h1-5,8-9,11,23H,6-7H2,(H2,20,21,22,24,25). The first kappa shape index (κ1) is 17.7. The Labute approximate surface area is 154 Å². The van der Waals surface area contributed by atoms with E-state index >= 15 is 0 Å². The van der Waals surface area contributed by atoms with Gasteiger partial charge in [-0.25, -0.2) is 4.98 Å². The predicted octanol–water partition coefficient (Wildman–Crippen LogP) is 3.35. The van der Waals surface area contributed by atoms with Gasteiger partial charge in [-0.3, -0.25) is 9.59 Å². The molecular formula is C17H15Cl2N3O3. The summed E-state index contributed by atoms with van der Waals surface area (Å²) in [5, 5.41) is 15.1. The van der Waals surface area contributed by atoms with Crippen LogP contribution in [0.15, 0.2) is 36.5 Å². The lowest BCUT2D eigenvalue weighted by Crippen LogP contribution is -2.37. The smallest absolute Gasteiger partial charge is 0.258 e. The van der Waals surface area contributed by atoms with Crippen molar-refractivity contribution in [1.29, 1.82) is 0 Å². The number of nitrogens with zero attached hydrogens (tertiary/aromatic N) is 1. The molecule has 0 bridgehead atoms. The van der Waals surface area contributed by atoms with Crippen LogP contribution in [-0.4, -0.2) is 28.0 Å². The van der Waals surface area contributed by atoms with E-state index in [0.29, 0.717) is 24.3 Å². The van der Waals surface area contributed by atoms with Crippen molar-refractivity contribution in [2.45, 2.75) is 18.9 Å². The number of aromatic nitrogens is 1. The van der Waals surface area contributed by atoms with Crippen LogP contribution >= 0.6 is 23.2 Å². The molecule has 3 N–H and O–H groups in total. The second-order valence-electron chi connectivity index (χ2n) is 5.79. The molecule has 0 atom stereocenters. The molecule has 1 aliphatic carbocycles. The van der Waals surface area contributed by atoms with Crippen molar-refractivity contribution in [2.75, 3.05) is 10.6 Å². The predicted molar refractivity (Wildman–Crippen MR) is 96.0 cm³/mol. The van der Waals surface area contributed by atoms with E-state index in [4.69, 9.17) is 23.2 Å². The summed E-state index contributed by atoms with van der Waals surface area (Å²) in [6, 6.07) is 7.93. The number of anilines is 2. The molecule has 130 valence electrons. The zero-order chi connectivity index (χ0) is 18.0. The van der Waals surface area contributed by atoms with Crippen molar-refractivity contribution in [3.8, 4) is 0 Å². The number of carbonyl (C=O) groups excluding carboxylic acids is 2. The number of halogens is 2. The largest absolute Gasteiger partial charge is 0.393 e. The van der Waals surface area contributed by atoms with Crippen LogP contribution in [0.1, 0.15) is 23.2 Å². The molecule has 1 saturated carbocycles. The van der Waals surface area contributed by atoms with E-state index in [-0.39, 0.29) is 27.4 Å². The van der Waals surface area contributed by atoms with Gasteiger partial charge in [-0.1, -0.05) is 29.3 Å². The Kier molecular flexibility index (Phi) is 5.22. The zero-order valence-electron chi connectivity index (χ0n) is 13.0. The Hall–Kier alpha value is -2.15. The zero-order valence-corrected chi connectivity index (χ0v) is 14.5. The van der Waals surface area contributed by atoms with Gasteiger partial charge < -0.3 is 15.7 Å². The molecule has 6 nitrogen and oxygen atoms in total. The number of hydrogen-bond donors (Lipinski definition) is 3. The fraction of sp³-hybridized carbons (Fsp3) is 0.235. The number of carbonyl (C=O) groups is 2. The fourth-order valence-electron chi connectivity index (χ4n) is 2.52. The van der Waals surface area contributed by atoms with E-state index in [0.717, 1.165) is 0 Å². The van der Waals surface area contributed by atoms with Gasteiger partial charge in [-0.05, 0) is 31.0 Å². The van der Waals surface area contributed by atoms with E-state index in [9.17, 15) is 14.7 Å². The lowest BCUT2D eigenvalue weighted by atomic mass is 9.82. The van der Waals surface area contributed by atoms with Gasteiger partial charge in [0.05, 0.1) is 21.7 Å². The molecule has 0 aliphatic heterocycles. The molecule has 1 aromatic carbocycles. The van der Waals surface area contributed by atoms with Crippen LogP contribution in [0.5, 0.6) is 0 Å². The molecule has 2 amide bonds. The number of hydrogen-bond acceptors (Lipinski definition) is 4. The first-order valence-electron chi connectivity index (χ1n) is 7.64. The summed E-state index contributed by atoms with van der Waals surface area (Å²) in [6.07, 6.45) is 1.96. The maximum atomic E-state index is 12.4. The van der Waals surface area contributed by atoms with Crippen LogP contribution in [0.25, 0.3) is 0 Å². The molecule has 3 rings (SSSR count). The van der Waals surface area contributed by atoms with Gasteiger partial charge in [0, 0.05) is 23.9 Å². The number of rotatable bonds is 4. The average molecular weight is 380 g/mol. The maximum absolute atomic E-state index is 12.4. The Balaban J connectivity index is 1.69. The third-order valence-corrected chi connectivity index (χ3v) is 4.57. The fourth-order valence-corrected chi connectivity index (χ4v) is 3.08. The first-order chi connectivity index (χ1) is 11.9. The topological polar surface area (TPSA) is 91.3 Å². The van der Waals surface area contributed by atoms with Gasteiger partial charge in [0.2, 0.25) is 5.91 Å². The van der Waals surface area contributed by atoms with E-state index in [2.05, 4.69) is 15.6 Å². The Morgan fingerprint density at radius 1 is 1.12 bits per heavy atom. The molecular weight excluding hydrogens is 365 g/mol. The van der Waals surface area contributed by atoms with Crippen LogP contribution in [0.4, 0.5) is 11.5 Å². The van der Waals surface area contributed by atoms with Crippen molar-refractivity contribution in [3.63, 3.8) is 0 Å². The Morgan fingerprint density at radius 2 is 1.80 bits per heavy atom. The van der Waals surface area contributed by atoms with Gasteiger partial charge in [-0.15, -0.1) is 0 Å². The van der Waals surface area contributed by atoms with E-state index in [1.165, 1.54) is 12.3 Å². The van der Waals surface area contributed by atoms with Crippen LogP contribution in [0, 0.1) is 5.92 Å². The summed E-state index contributed by atoms with van der Waals surface area (Å²) in [7, 11) is 0. The van der Waals surface area contributed by atoms with Crippen molar-refractivity contribution in [3.05, 3.63) is 52.1 Å². The van der Waals surface area contributed by atoms with Gasteiger partial charge in [0.15, 0.2) is 0 Å². The summed E-state index contributed by atoms with van der Waals surface area (Å²) >= 11 is 12.0. The van der Waals surface area contributed by atoms with Crippen LogP contribution in [0.2, 0.25) is 10.0 Å². The van der Waals surface area contributed by atoms with Crippen molar-refractivity contribution < 1.29 is 14.7 Å². The minimum absolute atomic E-state index is 0.177. The molecule has 2 aromatic rings. The molecule has 1 heterocycles. The lowest BCUT2D eigenvalue weighted by molar-refractivity contribution is -0.126. The minimum atomic E-state index is -0.457. The van der Waals surface area contributed by atoms with E-state index < -0.39 is 12.0 Å². The van der Waals surface area contributed by atoms with Crippen LogP contribution in [-0.2, 0) is 4.79 Å². The summed E-state index contributed by atoms with van der Waals surface area (Å²) < 4.78 is 0. The lowest BCUT2D eigenvalue weighted by Gasteiger charge is -2.29. The summed E-state index contributed by atoms with van der Waals surface area (Å²) in [4.78, 5) is 28.4. The maximum Gasteiger partial charge on any atom is 0.258 e. The number of pyridine rings is 1. The highest BCUT2D eigenvalue weighted by Crippen LogP contribution is 2.29. The van der Waals surface area contributed by atoms with Crippen molar-refractivity contribution in [1.82, 2.24) is 4.98 Å². The van der Waals surface area contributed by atoms with Gasteiger partial charge in [0.1, 0.15) is 5.82 Å². The minimum Gasteiger partial charge on any atom is -0.393 e. The van der Waals surface area contributed by atoms with Crippen LogP contribution < -0.4 is 10.6 Å². The second-order valence-corrected chi connectivity index (χ2v) is 6.61. The molecule has 25 heavy (non-hydrogen) atoms. The highest BCUT2D eigenvalue weighted by atomic mass is 35.5. The quantitative estimate of drug-likeness (QED) is 0.759. The third-order valence-electron chi connectivity index (χ3n) is 3.94. The SMILES string of the molecule is O=C(Nc1ccnc(NC(=O)C2CC(O)C2)c1)c1c(Cl)cccc1Cl. The molecule has 8 heteroatoms. The van der Waals surface area contributed by atoms with E-state index in [1.807, 2.05) is 0 Å². The van der Waals surface area contributed by atoms with E-state index in [1.54, 1.807) is 24.3 Å². The van der Waals surface area contributed by atoms with Crippen molar-refractivity contribution in [2.24, 2.45) is 5.92 Å². The number of aliphatic hydroxyl groups excluding tert-OH is 1. The number of benzene rings is 1. The molecule has 1 fully saturated rings. The number of nitrogens with one attached hydrogen (secondary N) is 2. The number of aliphatic hydroxyl groups is 1. The Bertz CT molecular complexity index is 802. The summed E-state index contributed by atoms with van der Waals surface area (Å²) in [5.41, 5.74) is 0.622. The molecule has 0 saturated heterocycles. The summed E-state index contributed by atoms with van der Waals surface area (Å²) in [6.45, 7) is 0.